The summed E-state index contributed by atoms with van der Waals surface area (Å²) in [5.74, 6) is 0.904. The molecule has 86 valence electrons. The van der Waals surface area contributed by atoms with Crippen LogP contribution in [0.15, 0.2) is 42.5 Å². The van der Waals surface area contributed by atoms with Gasteiger partial charge in [-0.1, -0.05) is 30.4 Å². The van der Waals surface area contributed by atoms with Crippen LogP contribution in [0, 0.1) is 0 Å². The third-order valence-electron chi connectivity index (χ3n) is 2.72. The number of hydrogen-bond donors (Lipinski definition) is 0. The molecular weight excluding hydrogens is 200 g/mol. The van der Waals surface area contributed by atoms with E-state index in [1.54, 1.807) is 0 Å². The maximum Gasteiger partial charge on any atom is 0.119 e. The predicted molar refractivity (Wildman–Crippen MR) is 64.7 cm³/mol. The van der Waals surface area contributed by atoms with Gasteiger partial charge in [0.25, 0.3) is 0 Å². The lowest BCUT2D eigenvalue weighted by molar-refractivity contribution is 0.0276. The van der Waals surface area contributed by atoms with Crippen molar-refractivity contribution in [2.24, 2.45) is 0 Å². The van der Waals surface area contributed by atoms with Gasteiger partial charge in [0.2, 0.25) is 0 Å². The molecule has 1 aliphatic heterocycles. The van der Waals surface area contributed by atoms with Gasteiger partial charge in [0.1, 0.15) is 12.4 Å². The standard InChI is InChI=1S/C14H18O2/c1-12-6-5-9-15-14(10-12)11-16-13-7-3-2-4-8-13/h2-4,7-8,14H,1,5-6,9-11H2. The van der Waals surface area contributed by atoms with Crippen LogP contribution in [0.2, 0.25) is 0 Å². The maximum atomic E-state index is 5.71. The highest BCUT2D eigenvalue weighted by Gasteiger charge is 2.15. The van der Waals surface area contributed by atoms with E-state index in [2.05, 4.69) is 6.58 Å². The van der Waals surface area contributed by atoms with Crippen LogP contribution in [0.4, 0.5) is 0 Å². The van der Waals surface area contributed by atoms with Crippen LogP contribution < -0.4 is 4.74 Å². The van der Waals surface area contributed by atoms with E-state index < -0.39 is 0 Å². The molecule has 1 atom stereocenters. The van der Waals surface area contributed by atoms with Crippen molar-refractivity contribution in [1.82, 2.24) is 0 Å². The fraction of sp³-hybridized carbons (Fsp3) is 0.429. The monoisotopic (exact) mass is 218 g/mol. The first-order chi connectivity index (χ1) is 7.84. The lowest BCUT2D eigenvalue weighted by Gasteiger charge is -2.16. The predicted octanol–water partition coefficient (Wildman–Crippen LogP) is 3.19. The van der Waals surface area contributed by atoms with Crippen LogP contribution >= 0.6 is 0 Å². The Bertz CT molecular complexity index is 332. The van der Waals surface area contributed by atoms with Crippen LogP contribution in [-0.4, -0.2) is 19.3 Å². The summed E-state index contributed by atoms with van der Waals surface area (Å²) in [7, 11) is 0. The summed E-state index contributed by atoms with van der Waals surface area (Å²) in [4.78, 5) is 0. The fourth-order valence-corrected chi connectivity index (χ4v) is 1.87. The molecule has 1 aromatic rings. The van der Waals surface area contributed by atoms with Crippen LogP contribution in [0.1, 0.15) is 19.3 Å². The van der Waals surface area contributed by atoms with E-state index in [1.807, 2.05) is 30.3 Å². The Kier molecular flexibility index (Phi) is 4.00. The van der Waals surface area contributed by atoms with E-state index in [0.717, 1.165) is 31.6 Å². The van der Waals surface area contributed by atoms with E-state index in [1.165, 1.54) is 5.57 Å². The van der Waals surface area contributed by atoms with Crippen molar-refractivity contribution in [3.63, 3.8) is 0 Å². The topological polar surface area (TPSA) is 18.5 Å². The Morgan fingerprint density at radius 3 is 2.94 bits per heavy atom. The highest BCUT2D eigenvalue weighted by Crippen LogP contribution is 2.19. The Labute approximate surface area is 96.9 Å². The number of rotatable bonds is 3. The summed E-state index contributed by atoms with van der Waals surface area (Å²) in [5.41, 5.74) is 1.28. The van der Waals surface area contributed by atoms with Crippen molar-refractivity contribution < 1.29 is 9.47 Å². The number of ether oxygens (including phenoxy) is 2. The van der Waals surface area contributed by atoms with Crippen molar-refractivity contribution in [2.45, 2.75) is 25.4 Å². The van der Waals surface area contributed by atoms with Gasteiger partial charge in [-0.05, 0) is 31.4 Å². The van der Waals surface area contributed by atoms with Crippen molar-refractivity contribution in [2.75, 3.05) is 13.2 Å². The smallest absolute Gasteiger partial charge is 0.119 e. The third kappa shape index (κ3) is 3.38. The first-order valence-electron chi connectivity index (χ1n) is 5.81. The molecule has 0 aromatic heterocycles. The first-order valence-corrected chi connectivity index (χ1v) is 5.81. The van der Waals surface area contributed by atoms with Gasteiger partial charge in [0.05, 0.1) is 6.10 Å². The highest BCUT2D eigenvalue weighted by atomic mass is 16.5. The molecule has 2 nitrogen and oxygen atoms in total. The molecule has 0 saturated carbocycles. The largest absolute Gasteiger partial charge is 0.491 e. The van der Waals surface area contributed by atoms with Crippen LogP contribution in [0.25, 0.3) is 0 Å². The van der Waals surface area contributed by atoms with Crippen LogP contribution in [0.5, 0.6) is 5.75 Å². The van der Waals surface area contributed by atoms with Gasteiger partial charge >= 0.3 is 0 Å². The molecule has 2 rings (SSSR count). The Morgan fingerprint density at radius 2 is 2.12 bits per heavy atom. The van der Waals surface area contributed by atoms with E-state index in [0.29, 0.717) is 6.61 Å². The zero-order valence-corrected chi connectivity index (χ0v) is 9.52. The van der Waals surface area contributed by atoms with Gasteiger partial charge in [-0.3, -0.25) is 0 Å². The van der Waals surface area contributed by atoms with Gasteiger partial charge in [-0.25, -0.2) is 0 Å². The van der Waals surface area contributed by atoms with Crippen molar-refractivity contribution in [3.05, 3.63) is 42.5 Å². The summed E-state index contributed by atoms with van der Waals surface area (Å²) < 4.78 is 11.4. The second-order valence-electron chi connectivity index (χ2n) is 4.17. The molecule has 0 bridgehead atoms. The molecule has 0 spiro atoms. The van der Waals surface area contributed by atoms with E-state index >= 15 is 0 Å². The second-order valence-corrected chi connectivity index (χ2v) is 4.17. The molecule has 1 aromatic carbocycles. The molecule has 1 unspecified atom stereocenters. The Balaban J connectivity index is 1.83. The van der Waals surface area contributed by atoms with Gasteiger partial charge in [0, 0.05) is 6.61 Å². The lowest BCUT2D eigenvalue weighted by atomic mass is 10.1. The molecule has 2 heteroatoms. The maximum absolute atomic E-state index is 5.71. The molecule has 0 aliphatic carbocycles. The molecular formula is C14H18O2. The van der Waals surface area contributed by atoms with Crippen molar-refractivity contribution in [1.29, 1.82) is 0 Å². The minimum Gasteiger partial charge on any atom is -0.491 e. The molecule has 1 aliphatic rings. The second kappa shape index (κ2) is 5.71. The van der Waals surface area contributed by atoms with Gasteiger partial charge in [-0.2, -0.15) is 0 Å². The summed E-state index contributed by atoms with van der Waals surface area (Å²) >= 11 is 0. The molecule has 16 heavy (non-hydrogen) atoms. The zero-order valence-electron chi connectivity index (χ0n) is 9.52. The fourth-order valence-electron chi connectivity index (χ4n) is 1.87. The first kappa shape index (κ1) is 11.2. The molecule has 1 heterocycles. The van der Waals surface area contributed by atoms with Gasteiger partial charge in [-0.15, -0.1) is 0 Å². The van der Waals surface area contributed by atoms with Crippen LogP contribution in [-0.2, 0) is 4.74 Å². The average molecular weight is 218 g/mol. The van der Waals surface area contributed by atoms with E-state index in [-0.39, 0.29) is 6.10 Å². The zero-order chi connectivity index (χ0) is 11.2. The summed E-state index contributed by atoms with van der Waals surface area (Å²) in [6.45, 7) is 5.48. The lowest BCUT2D eigenvalue weighted by Crippen LogP contribution is -2.21. The third-order valence-corrected chi connectivity index (χ3v) is 2.72. The highest BCUT2D eigenvalue weighted by molar-refractivity contribution is 5.20. The van der Waals surface area contributed by atoms with E-state index in [4.69, 9.17) is 9.47 Å². The molecule has 1 saturated heterocycles. The molecule has 1 fully saturated rings. The molecule has 0 N–H and O–H groups in total. The summed E-state index contributed by atoms with van der Waals surface area (Å²) in [5, 5.41) is 0. The van der Waals surface area contributed by atoms with Crippen LogP contribution in [0.3, 0.4) is 0 Å². The van der Waals surface area contributed by atoms with E-state index in [9.17, 15) is 0 Å². The minimum absolute atomic E-state index is 0.162. The average Bonchev–Trinajstić information content (AvgIpc) is 2.52. The normalized spacial score (nSPS) is 21.5. The molecule has 0 radical (unpaired) electrons. The Hall–Kier alpha value is -1.28. The SMILES string of the molecule is C=C1CCCOC(COc2ccccc2)C1. The van der Waals surface area contributed by atoms with Crippen molar-refractivity contribution in [3.8, 4) is 5.75 Å². The summed E-state index contributed by atoms with van der Waals surface area (Å²) in [6, 6.07) is 9.86. The number of benzene rings is 1. The summed E-state index contributed by atoms with van der Waals surface area (Å²) in [6.07, 6.45) is 3.25. The number of hydrogen-bond acceptors (Lipinski definition) is 2. The minimum atomic E-state index is 0.162. The Morgan fingerprint density at radius 1 is 1.31 bits per heavy atom. The molecule has 0 amide bonds. The van der Waals surface area contributed by atoms with Gasteiger partial charge in [0.15, 0.2) is 0 Å². The van der Waals surface area contributed by atoms with Crippen molar-refractivity contribution >= 4 is 0 Å². The number of para-hydroxylation sites is 1. The quantitative estimate of drug-likeness (QED) is 0.725. The van der Waals surface area contributed by atoms with Gasteiger partial charge < -0.3 is 9.47 Å².